The van der Waals surface area contributed by atoms with Crippen molar-refractivity contribution in [1.82, 2.24) is 5.01 Å². The van der Waals surface area contributed by atoms with E-state index in [1.54, 1.807) is 12.1 Å². The first-order valence-electron chi connectivity index (χ1n) is 12.9. The van der Waals surface area contributed by atoms with Crippen LogP contribution in [0, 0.1) is 11.7 Å². The van der Waals surface area contributed by atoms with E-state index >= 15 is 0 Å². The highest BCUT2D eigenvalue weighted by atomic mass is 19.1. The smallest absolute Gasteiger partial charge is 0.281 e. The van der Waals surface area contributed by atoms with E-state index in [1.807, 2.05) is 36.4 Å². The van der Waals surface area contributed by atoms with Crippen LogP contribution < -0.4 is 23.7 Å². The lowest BCUT2D eigenvalue weighted by atomic mass is 9.77. The third-order valence-electron chi connectivity index (χ3n) is 7.42. The predicted molar refractivity (Wildman–Crippen MR) is 139 cm³/mol. The second kappa shape index (κ2) is 9.65. The minimum atomic E-state index is -0.520. The summed E-state index contributed by atoms with van der Waals surface area (Å²) in [7, 11) is 0. The molecule has 3 heterocycles. The summed E-state index contributed by atoms with van der Waals surface area (Å²) >= 11 is 0. The maximum Gasteiger partial charge on any atom is 0.281 e. The number of rotatable bonds is 5. The first-order chi connectivity index (χ1) is 19.1. The second-order valence-electron chi connectivity index (χ2n) is 9.78. The number of hydrogen-bond acceptors (Lipinski definition) is 7. The Kier molecular flexibility index (Phi) is 5.83. The average molecular weight is 529 g/mol. The monoisotopic (exact) mass is 528 g/mol. The van der Waals surface area contributed by atoms with Gasteiger partial charge in [0.2, 0.25) is 13.6 Å². The Labute approximate surface area is 224 Å². The van der Waals surface area contributed by atoms with Gasteiger partial charge in [0.05, 0.1) is 11.8 Å². The number of hydrogen-bond donors (Lipinski definition) is 0. The van der Waals surface area contributed by atoms with Crippen molar-refractivity contribution in [2.24, 2.45) is 11.0 Å². The molecule has 2 atom stereocenters. The van der Waals surface area contributed by atoms with Crippen molar-refractivity contribution in [3.63, 3.8) is 0 Å². The van der Waals surface area contributed by atoms with Crippen molar-refractivity contribution >= 4 is 17.7 Å². The summed E-state index contributed by atoms with van der Waals surface area (Å²) in [4.78, 5) is 13.5. The molecule has 0 spiro atoms. The third kappa shape index (κ3) is 4.33. The number of para-hydroxylation sites is 1. The van der Waals surface area contributed by atoms with Crippen molar-refractivity contribution in [2.45, 2.75) is 25.3 Å². The lowest BCUT2D eigenvalue weighted by molar-refractivity contribution is -0.135. The first-order valence-corrected chi connectivity index (χ1v) is 12.9. The molecule has 3 aromatic carbocycles. The third-order valence-corrected chi connectivity index (χ3v) is 7.42. The van der Waals surface area contributed by atoms with Gasteiger partial charge in [-0.3, -0.25) is 4.79 Å². The van der Waals surface area contributed by atoms with Crippen molar-refractivity contribution in [2.75, 3.05) is 20.2 Å². The second-order valence-corrected chi connectivity index (χ2v) is 9.78. The number of hydrazone groups is 1. The van der Waals surface area contributed by atoms with Gasteiger partial charge in [-0.15, -0.1) is 0 Å². The Morgan fingerprint density at radius 1 is 0.974 bits per heavy atom. The molecule has 0 saturated heterocycles. The molecule has 4 aliphatic rings. The van der Waals surface area contributed by atoms with Crippen LogP contribution in [0.1, 0.15) is 36.4 Å². The molecule has 1 amide bonds. The number of allylic oxidation sites excluding steroid dienone is 1. The van der Waals surface area contributed by atoms with Crippen LogP contribution in [0.25, 0.3) is 6.08 Å². The van der Waals surface area contributed by atoms with Crippen LogP contribution in [0.4, 0.5) is 4.39 Å². The molecule has 3 aliphatic heterocycles. The summed E-state index contributed by atoms with van der Waals surface area (Å²) < 4.78 is 41.8. The Morgan fingerprint density at radius 2 is 1.72 bits per heavy atom. The number of benzene rings is 3. The minimum Gasteiger partial charge on any atom is -0.481 e. The number of amides is 1. The maximum absolute atomic E-state index is 14.1. The van der Waals surface area contributed by atoms with Gasteiger partial charge in [-0.25, -0.2) is 9.40 Å². The largest absolute Gasteiger partial charge is 0.481 e. The zero-order valence-electron chi connectivity index (χ0n) is 21.0. The molecule has 0 unspecified atom stereocenters. The van der Waals surface area contributed by atoms with Crippen LogP contribution in [0.5, 0.6) is 28.7 Å². The molecule has 3 aromatic rings. The molecule has 0 bridgehead atoms. The summed E-state index contributed by atoms with van der Waals surface area (Å²) in [6, 6.07) is 17.2. The van der Waals surface area contributed by atoms with E-state index in [0.717, 1.165) is 47.4 Å². The van der Waals surface area contributed by atoms with Crippen LogP contribution >= 0.6 is 0 Å². The van der Waals surface area contributed by atoms with Gasteiger partial charge < -0.3 is 23.7 Å². The summed E-state index contributed by atoms with van der Waals surface area (Å²) in [5.74, 6) is 1.89. The van der Waals surface area contributed by atoms with Crippen LogP contribution in [-0.2, 0) is 4.79 Å². The Morgan fingerprint density at radius 3 is 2.54 bits per heavy atom. The van der Waals surface area contributed by atoms with Gasteiger partial charge in [0.1, 0.15) is 0 Å². The molecule has 7 rings (SSSR count). The molecule has 0 N–H and O–H groups in total. The average Bonchev–Trinajstić information content (AvgIpc) is 3.70. The fourth-order valence-corrected chi connectivity index (χ4v) is 5.61. The summed E-state index contributed by atoms with van der Waals surface area (Å²) in [6.07, 6.45) is 4.77. The van der Waals surface area contributed by atoms with E-state index in [4.69, 9.17) is 28.8 Å². The van der Waals surface area contributed by atoms with Gasteiger partial charge in [0.15, 0.2) is 41.2 Å². The number of halogens is 1. The topological polar surface area (TPSA) is 78.8 Å². The summed E-state index contributed by atoms with van der Waals surface area (Å²) in [5, 5.41) is 6.37. The SMILES string of the molecule is O=C(COc1ccccc1F)N1N=C2/C(=C/c3ccc4c(c3)OCO4)CCC[C@@H]2[C@@H]1c1ccc2c(c1)OCO2. The van der Waals surface area contributed by atoms with E-state index in [2.05, 4.69) is 6.08 Å². The molecule has 1 fully saturated rings. The summed E-state index contributed by atoms with van der Waals surface area (Å²) in [5.41, 5.74) is 3.82. The van der Waals surface area contributed by atoms with Crippen molar-refractivity contribution in [1.29, 1.82) is 0 Å². The number of carbonyl (C=O) groups is 1. The molecule has 1 aliphatic carbocycles. The molecule has 0 radical (unpaired) electrons. The van der Waals surface area contributed by atoms with Crippen LogP contribution in [0.2, 0.25) is 0 Å². The van der Waals surface area contributed by atoms with Crippen molar-refractivity contribution in [3.05, 3.63) is 83.2 Å². The fraction of sp³-hybridized carbons (Fsp3) is 0.267. The van der Waals surface area contributed by atoms with Crippen LogP contribution in [0.15, 0.2) is 71.3 Å². The quantitative estimate of drug-likeness (QED) is 0.436. The molecule has 198 valence electrons. The Hall–Kier alpha value is -4.53. The molecule has 39 heavy (non-hydrogen) atoms. The van der Waals surface area contributed by atoms with E-state index in [1.165, 1.54) is 17.1 Å². The highest BCUT2D eigenvalue weighted by molar-refractivity contribution is 6.08. The van der Waals surface area contributed by atoms with E-state index in [9.17, 15) is 9.18 Å². The van der Waals surface area contributed by atoms with Gasteiger partial charge in [-0.1, -0.05) is 24.3 Å². The maximum atomic E-state index is 14.1. The zero-order chi connectivity index (χ0) is 26.3. The summed E-state index contributed by atoms with van der Waals surface area (Å²) in [6.45, 7) is 0.0379. The Balaban J connectivity index is 1.23. The van der Waals surface area contributed by atoms with Crippen LogP contribution in [0.3, 0.4) is 0 Å². The molecule has 1 saturated carbocycles. The first kappa shape index (κ1) is 23.6. The van der Waals surface area contributed by atoms with Gasteiger partial charge in [-0.2, -0.15) is 5.10 Å². The molecule has 0 aromatic heterocycles. The highest BCUT2D eigenvalue weighted by Gasteiger charge is 2.44. The normalized spacial score (nSPS) is 21.6. The van der Waals surface area contributed by atoms with Crippen molar-refractivity contribution < 1.29 is 32.9 Å². The van der Waals surface area contributed by atoms with Crippen LogP contribution in [-0.4, -0.2) is 36.8 Å². The molecular weight excluding hydrogens is 503 g/mol. The van der Waals surface area contributed by atoms with Gasteiger partial charge in [0, 0.05) is 5.92 Å². The Bertz CT molecular complexity index is 1520. The molecule has 9 heteroatoms. The number of carbonyl (C=O) groups excluding carboxylic acids is 1. The zero-order valence-corrected chi connectivity index (χ0v) is 21.0. The number of ether oxygens (including phenoxy) is 5. The molecule has 8 nitrogen and oxygen atoms in total. The predicted octanol–water partition coefficient (Wildman–Crippen LogP) is 5.49. The van der Waals surface area contributed by atoms with E-state index < -0.39 is 5.82 Å². The lowest BCUT2D eigenvalue weighted by Gasteiger charge is -2.29. The van der Waals surface area contributed by atoms with Gasteiger partial charge >= 0.3 is 0 Å². The van der Waals surface area contributed by atoms with Crippen molar-refractivity contribution in [3.8, 4) is 28.7 Å². The fourth-order valence-electron chi connectivity index (χ4n) is 5.61. The minimum absolute atomic E-state index is 0.0169. The standard InChI is InChI=1S/C30H25FN2O6/c31-22-6-1-2-7-23(22)35-15-28(34)33-30(20-9-11-25-27(14-20)39-17-37-25)21-5-3-4-19(29(21)32-33)12-18-8-10-24-26(13-18)38-16-36-24/h1-2,6-14,21,30H,3-5,15-17H2/b19-12+/t21-,30-/m0/s1. The number of nitrogens with zero attached hydrogens (tertiary/aromatic N) is 2. The van der Waals surface area contributed by atoms with Gasteiger partial charge in [0.25, 0.3) is 5.91 Å². The van der Waals surface area contributed by atoms with E-state index in [0.29, 0.717) is 17.2 Å². The molecular formula is C30H25FN2O6. The lowest BCUT2D eigenvalue weighted by Crippen LogP contribution is -2.34. The van der Waals surface area contributed by atoms with Gasteiger partial charge in [-0.05, 0) is 78.4 Å². The highest BCUT2D eigenvalue weighted by Crippen LogP contribution is 2.46. The van der Waals surface area contributed by atoms with E-state index in [-0.39, 0.29) is 43.8 Å². The number of fused-ring (bicyclic) bond motifs is 3.